The van der Waals surface area contributed by atoms with E-state index in [0.717, 1.165) is 5.56 Å². The Hall–Kier alpha value is -1.29. The second-order valence-electron chi connectivity index (χ2n) is 3.77. The van der Waals surface area contributed by atoms with Gasteiger partial charge in [-0.25, -0.2) is 0 Å². The minimum atomic E-state index is 0.493. The molecule has 1 aromatic carbocycles. The number of hydrogen-bond donors (Lipinski definition) is 0. The molecule has 1 heteroatoms. The third-order valence-electron chi connectivity index (χ3n) is 2.46. The molecule has 0 radical (unpaired) electrons. The molecular formula is C12H15N. The highest BCUT2D eigenvalue weighted by atomic mass is 14.2. The Morgan fingerprint density at radius 2 is 1.85 bits per heavy atom. The molecule has 0 atom stereocenters. The summed E-state index contributed by atoms with van der Waals surface area (Å²) in [6, 6.07) is 6.13. The lowest BCUT2D eigenvalue weighted by atomic mass is 9.93. The van der Waals surface area contributed by atoms with Gasteiger partial charge >= 0.3 is 0 Å². The Morgan fingerprint density at radius 3 is 2.31 bits per heavy atom. The number of aryl methyl sites for hydroxylation is 1. The summed E-state index contributed by atoms with van der Waals surface area (Å²) >= 11 is 0. The molecule has 13 heavy (non-hydrogen) atoms. The van der Waals surface area contributed by atoms with Crippen LogP contribution in [-0.4, -0.2) is 0 Å². The summed E-state index contributed by atoms with van der Waals surface area (Å²) in [6.45, 7) is 8.49. The fourth-order valence-corrected chi connectivity index (χ4v) is 1.55. The molecule has 0 N–H and O–H groups in total. The predicted molar refractivity (Wildman–Crippen MR) is 54.7 cm³/mol. The highest BCUT2D eigenvalue weighted by molar-refractivity contribution is 5.43. The SMILES string of the molecule is Cc1cc(C#N)cc(C(C)C)c1C. The summed E-state index contributed by atoms with van der Waals surface area (Å²) in [6.07, 6.45) is 0. The van der Waals surface area contributed by atoms with Crippen LogP contribution in [0.15, 0.2) is 12.1 Å². The summed E-state index contributed by atoms with van der Waals surface area (Å²) in [5.41, 5.74) is 4.58. The zero-order valence-electron chi connectivity index (χ0n) is 8.68. The average molecular weight is 173 g/mol. The Balaban J connectivity index is 3.35. The standard InChI is InChI=1S/C12H15N/c1-8(2)12-6-11(7-13)5-9(3)10(12)4/h5-6,8H,1-4H3. The first-order valence-electron chi connectivity index (χ1n) is 4.57. The van der Waals surface area contributed by atoms with Gasteiger partial charge in [-0.15, -0.1) is 0 Å². The molecule has 1 rings (SSSR count). The molecule has 0 aliphatic carbocycles. The van der Waals surface area contributed by atoms with Crippen molar-refractivity contribution in [2.24, 2.45) is 0 Å². The minimum absolute atomic E-state index is 0.493. The molecule has 0 saturated carbocycles. The minimum Gasteiger partial charge on any atom is -0.192 e. The summed E-state index contributed by atoms with van der Waals surface area (Å²) in [7, 11) is 0. The van der Waals surface area contributed by atoms with Crippen molar-refractivity contribution in [3.63, 3.8) is 0 Å². The number of hydrogen-bond acceptors (Lipinski definition) is 1. The maximum Gasteiger partial charge on any atom is 0.0991 e. The lowest BCUT2D eigenvalue weighted by Crippen LogP contribution is -1.96. The fraction of sp³-hybridized carbons (Fsp3) is 0.417. The predicted octanol–water partition coefficient (Wildman–Crippen LogP) is 3.30. The van der Waals surface area contributed by atoms with Crippen molar-refractivity contribution in [2.75, 3.05) is 0 Å². The van der Waals surface area contributed by atoms with Gasteiger partial charge in [-0.1, -0.05) is 13.8 Å². The Kier molecular flexibility index (Phi) is 2.72. The van der Waals surface area contributed by atoms with Gasteiger partial charge in [0.05, 0.1) is 11.6 Å². The summed E-state index contributed by atoms with van der Waals surface area (Å²) < 4.78 is 0. The van der Waals surface area contributed by atoms with Crippen molar-refractivity contribution in [3.8, 4) is 6.07 Å². The van der Waals surface area contributed by atoms with Crippen molar-refractivity contribution in [3.05, 3.63) is 34.4 Å². The van der Waals surface area contributed by atoms with Gasteiger partial charge in [-0.05, 0) is 48.6 Å². The maximum absolute atomic E-state index is 8.81. The summed E-state index contributed by atoms with van der Waals surface area (Å²) in [5.74, 6) is 0.493. The monoisotopic (exact) mass is 173 g/mol. The van der Waals surface area contributed by atoms with E-state index in [-0.39, 0.29) is 0 Å². The molecule has 1 aromatic rings. The quantitative estimate of drug-likeness (QED) is 0.639. The van der Waals surface area contributed by atoms with Gasteiger partial charge in [-0.2, -0.15) is 5.26 Å². The first-order chi connectivity index (χ1) is 6.06. The molecule has 0 saturated heterocycles. The lowest BCUT2D eigenvalue weighted by molar-refractivity contribution is 0.853. The van der Waals surface area contributed by atoms with Crippen molar-refractivity contribution in [1.29, 1.82) is 5.26 Å². The van der Waals surface area contributed by atoms with Crippen molar-refractivity contribution in [2.45, 2.75) is 33.6 Å². The summed E-state index contributed by atoms with van der Waals surface area (Å²) in [5, 5.41) is 8.81. The van der Waals surface area contributed by atoms with Crippen LogP contribution < -0.4 is 0 Å². The van der Waals surface area contributed by atoms with E-state index in [9.17, 15) is 0 Å². The highest BCUT2D eigenvalue weighted by Gasteiger charge is 2.07. The lowest BCUT2D eigenvalue weighted by Gasteiger charge is -2.12. The number of rotatable bonds is 1. The van der Waals surface area contributed by atoms with Crippen LogP contribution >= 0.6 is 0 Å². The Labute approximate surface area is 80.0 Å². The van der Waals surface area contributed by atoms with Gasteiger partial charge in [0.15, 0.2) is 0 Å². The van der Waals surface area contributed by atoms with Crippen molar-refractivity contribution in [1.82, 2.24) is 0 Å². The van der Waals surface area contributed by atoms with Crippen LogP contribution in [0, 0.1) is 25.2 Å². The van der Waals surface area contributed by atoms with Crippen LogP contribution in [0.1, 0.15) is 42.0 Å². The molecule has 0 aliphatic rings. The third kappa shape index (κ3) is 1.89. The van der Waals surface area contributed by atoms with Crippen LogP contribution in [0.2, 0.25) is 0 Å². The van der Waals surface area contributed by atoms with Crippen molar-refractivity contribution >= 4 is 0 Å². The zero-order chi connectivity index (χ0) is 10.0. The number of nitriles is 1. The average Bonchev–Trinajstić information content (AvgIpc) is 2.09. The molecule has 68 valence electrons. The van der Waals surface area contributed by atoms with E-state index in [1.54, 1.807) is 0 Å². The molecule has 0 heterocycles. The molecule has 0 spiro atoms. The molecule has 0 bridgehead atoms. The first-order valence-corrected chi connectivity index (χ1v) is 4.57. The van der Waals surface area contributed by atoms with E-state index in [1.807, 2.05) is 12.1 Å². The van der Waals surface area contributed by atoms with E-state index >= 15 is 0 Å². The summed E-state index contributed by atoms with van der Waals surface area (Å²) in [4.78, 5) is 0. The fourth-order valence-electron chi connectivity index (χ4n) is 1.55. The molecular weight excluding hydrogens is 158 g/mol. The maximum atomic E-state index is 8.81. The molecule has 0 unspecified atom stereocenters. The second-order valence-corrected chi connectivity index (χ2v) is 3.77. The zero-order valence-corrected chi connectivity index (χ0v) is 8.68. The van der Waals surface area contributed by atoms with Gasteiger partial charge in [0.1, 0.15) is 0 Å². The van der Waals surface area contributed by atoms with Gasteiger partial charge in [0.2, 0.25) is 0 Å². The molecule has 0 aromatic heterocycles. The normalized spacial score (nSPS) is 10.2. The number of benzene rings is 1. The van der Waals surface area contributed by atoms with Crippen LogP contribution in [0.25, 0.3) is 0 Å². The molecule has 0 fully saturated rings. The largest absolute Gasteiger partial charge is 0.192 e. The van der Waals surface area contributed by atoms with E-state index in [2.05, 4.69) is 33.8 Å². The third-order valence-corrected chi connectivity index (χ3v) is 2.46. The van der Waals surface area contributed by atoms with Crippen LogP contribution in [-0.2, 0) is 0 Å². The van der Waals surface area contributed by atoms with Gasteiger partial charge in [0.25, 0.3) is 0 Å². The molecule has 0 amide bonds. The second kappa shape index (κ2) is 3.62. The molecule has 1 nitrogen and oxygen atoms in total. The number of nitrogens with zero attached hydrogens (tertiary/aromatic N) is 1. The van der Waals surface area contributed by atoms with Crippen LogP contribution in [0.3, 0.4) is 0 Å². The van der Waals surface area contributed by atoms with E-state index in [0.29, 0.717) is 5.92 Å². The van der Waals surface area contributed by atoms with E-state index in [4.69, 9.17) is 5.26 Å². The van der Waals surface area contributed by atoms with Crippen LogP contribution in [0.5, 0.6) is 0 Å². The van der Waals surface area contributed by atoms with Gasteiger partial charge < -0.3 is 0 Å². The van der Waals surface area contributed by atoms with E-state index in [1.165, 1.54) is 16.7 Å². The van der Waals surface area contributed by atoms with E-state index < -0.39 is 0 Å². The van der Waals surface area contributed by atoms with Gasteiger partial charge in [-0.3, -0.25) is 0 Å². The first kappa shape index (κ1) is 9.80. The molecule has 0 aliphatic heterocycles. The van der Waals surface area contributed by atoms with Crippen molar-refractivity contribution < 1.29 is 0 Å². The highest BCUT2D eigenvalue weighted by Crippen LogP contribution is 2.23. The Morgan fingerprint density at radius 1 is 1.23 bits per heavy atom. The Bertz CT molecular complexity index is 356. The topological polar surface area (TPSA) is 23.8 Å². The smallest absolute Gasteiger partial charge is 0.0991 e. The van der Waals surface area contributed by atoms with Gasteiger partial charge in [0, 0.05) is 0 Å². The van der Waals surface area contributed by atoms with Crippen LogP contribution in [0.4, 0.5) is 0 Å².